The molecule has 0 fully saturated rings. The Morgan fingerprint density at radius 1 is 1.28 bits per heavy atom. The van der Waals surface area contributed by atoms with E-state index in [0.717, 1.165) is 22.8 Å². The fraction of sp³-hybridized carbons (Fsp3) is 0.458. The second-order valence-corrected chi connectivity index (χ2v) is 10.2. The van der Waals surface area contributed by atoms with E-state index in [-0.39, 0.29) is 31.1 Å². The second kappa shape index (κ2) is 9.81. The highest BCUT2D eigenvalue weighted by atomic mass is 32.2. The quantitative estimate of drug-likeness (QED) is 0.486. The van der Waals surface area contributed by atoms with Crippen molar-refractivity contribution in [1.82, 2.24) is 14.5 Å². The lowest BCUT2D eigenvalue weighted by atomic mass is 9.97. The summed E-state index contributed by atoms with van der Waals surface area (Å²) in [5.74, 6) is -1.29. The van der Waals surface area contributed by atoms with Crippen molar-refractivity contribution in [1.29, 1.82) is 0 Å². The summed E-state index contributed by atoms with van der Waals surface area (Å²) in [7, 11) is -1.30. The third-order valence-electron chi connectivity index (χ3n) is 6.23. The van der Waals surface area contributed by atoms with E-state index in [1.54, 1.807) is 23.3 Å². The fourth-order valence-electron chi connectivity index (χ4n) is 4.76. The summed E-state index contributed by atoms with van der Waals surface area (Å²) in [6.45, 7) is 5.83. The van der Waals surface area contributed by atoms with Crippen LogP contribution in [-0.2, 0) is 34.9 Å². The van der Waals surface area contributed by atoms with E-state index in [9.17, 15) is 27.3 Å². The Hall–Kier alpha value is -2.99. The largest absolute Gasteiger partial charge is 0.462 e. The number of rotatable bonds is 6. The average Bonchev–Trinajstić information content (AvgIpc) is 3.18. The van der Waals surface area contributed by atoms with Crippen molar-refractivity contribution in [3.63, 3.8) is 0 Å². The predicted molar refractivity (Wildman–Crippen MR) is 128 cm³/mol. The summed E-state index contributed by atoms with van der Waals surface area (Å²) in [4.78, 5) is 22.3. The van der Waals surface area contributed by atoms with Crippen LogP contribution in [-0.4, -0.2) is 49.2 Å². The first-order valence-electron chi connectivity index (χ1n) is 11.5. The predicted octanol–water partition coefficient (Wildman–Crippen LogP) is 4.07. The molecular weight excluding hydrogens is 497 g/mol. The molecule has 4 rings (SSSR count). The topological polar surface area (TPSA) is 97.5 Å². The Balaban J connectivity index is 1.84. The van der Waals surface area contributed by atoms with Crippen LogP contribution in [0.3, 0.4) is 0 Å². The molecule has 1 aliphatic heterocycles. The smallest absolute Gasteiger partial charge is 0.434 e. The van der Waals surface area contributed by atoms with Crippen molar-refractivity contribution in [2.75, 3.05) is 24.3 Å². The van der Waals surface area contributed by atoms with Gasteiger partial charge in [-0.05, 0) is 36.6 Å². The molecule has 2 atom stereocenters. The van der Waals surface area contributed by atoms with Crippen molar-refractivity contribution >= 4 is 33.6 Å². The standard InChI is InChI=1S/C24H27F3N4O4S/c1-5-35-22(33)16-11-28-23(29-21(16)24(25,26)27)31-7-6-30-17-10-19(36(4)34)15(12-32)8-14(17)9-18(30)20(31)13(2)3/h8-11,13,20,32H,5-7,12H2,1-4H3. The van der Waals surface area contributed by atoms with Gasteiger partial charge in [0, 0.05) is 47.0 Å². The maximum absolute atomic E-state index is 13.8. The molecule has 0 spiro atoms. The van der Waals surface area contributed by atoms with E-state index in [1.165, 1.54) is 6.92 Å². The van der Waals surface area contributed by atoms with Crippen LogP contribution < -0.4 is 4.90 Å². The number of carbonyl (C=O) groups is 1. The van der Waals surface area contributed by atoms with Crippen LogP contribution in [0.5, 0.6) is 0 Å². The number of hydrogen-bond donors (Lipinski definition) is 1. The molecule has 12 heteroatoms. The number of aliphatic hydroxyl groups excluding tert-OH is 1. The first-order chi connectivity index (χ1) is 17.0. The maximum atomic E-state index is 13.8. The zero-order valence-corrected chi connectivity index (χ0v) is 21.1. The van der Waals surface area contributed by atoms with Gasteiger partial charge in [-0.3, -0.25) is 4.21 Å². The number of halogens is 3. The molecule has 0 aliphatic carbocycles. The van der Waals surface area contributed by atoms with Gasteiger partial charge >= 0.3 is 12.1 Å². The molecule has 194 valence electrons. The van der Waals surface area contributed by atoms with Gasteiger partial charge in [-0.15, -0.1) is 0 Å². The maximum Gasteiger partial charge on any atom is 0.434 e. The van der Waals surface area contributed by atoms with Gasteiger partial charge in [-0.2, -0.15) is 13.2 Å². The van der Waals surface area contributed by atoms with Gasteiger partial charge in [-0.1, -0.05) is 13.8 Å². The molecule has 2 unspecified atom stereocenters. The Morgan fingerprint density at radius 2 is 2.00 bits per heavy atom. The van der Waals surface area contributed by atoms with E-state index >= 15 is 0 Å². The number of carbonyl (C=O) groups excluding carboxylic acids is 1. The van der Waals surface area contributed by atoms with Crippen molar-refractivity contribution < 1.29 is 32.0 Å². The Morgan fingerprint density at radius 3 is 2.58 bits per heavy atom. The van der Waals surface area contributed by atoms with Crippen LogP contribution in [0.25, 0.3) is 10.9 Å². The molecule has 0 radical (unpaired) electrons. The lowest BCUT2D eigenvalue weighted by Crippen LogP contribution is -2.41. The van der Waals surface area contributed by atoms with Crippen LogP contribution in [0.15, 0.2) is 29.3 Å². The third kappa shape index (κ3) is 4.59. The number of ether oxygens (including phenoxy) is 1. The molecule has 1 aliphatic rings. The zero-order chi connectivity index (χ0) is 26.4. The fourth-order valence-corrected chi connectivity index (χ4v) is 5.53. The van der Waals surface area contributed by atoms with Gasteiger partial charge in [0.1, 0.15) is 5.56 Å². The van der Waals surface area contributed by atoms with Crippen LogP contribution in [0.1, 0.15) is 54.1 Å². The Labute approximate surface area is 208 Å². The Kier molecular flexibility index (Phi) is 7.11. The molecular formula is C24H27F3N4O4S. The normalized spacial score (nSPS) is 16.9. The number of hydrogen-bond acceptors (Lipinski definition) is 7. The Bertz CT molecular complexity index is 1340. The number of benzene rings is 1. The molecule has 1 aromatic carbocycles. The van der Waals surface area contributed by atoms with Gasteiger partial charge < -0.3 is 19.3 Å². The van der Waals surface area contributed by atoms with E-state index in [0.29, 0.717) is 23.5 Å². The summed E-state index contributed by atoms with van der Waals surface area (Å²) in [6, 6.07) is 5.17. The molecule has 8 nitrogen and oxygen atoms in total. The summed E-state index contributed by atoms with van der Waals surface area (Å²) in [5.41, 5.74) is 0.198. The molecule has 2 aromatic heterocycles. The minimum atomic E-state index is -4.87. The van der Waals surface area contributed by atoms with Gasteiger partial charge in [0.15, 0.2) is 5.69 Å². The van der Waals surface area contributed by atoms with Gasteiger partial charge in [0.25, 0.3) is 0 Å². The van der Waals surface area contributed by atoms with Crippen molar-refractivity contribution in [3.8, 4) is 0 Å². The van der Waals surface area contributed by atoms with Crippen LogP contribution in [0.4, 0.5) is 19.1 Å². The molecule has 1 N–H and O–H groups in total. The minimum Gasteiger partial charge on any atom is -0.462 e. The molecule has 0 saturated carbocycles. The SMILES string of the molecule is CCOC(=O)c1cnc(N2CCn3c(cc4cc(CO)c(S(C)=O)cc43)C2C(C)C)nc1C(F)(F)F. The number of esters is 1. The molecule has 3 aromatic rings. The van der Waals surface area contributed by atoms with Crippen molar-refractivity contribution in [3.05, 3.63) is 46.9 Å². The van der Waals surface area contributed by atoms with Gasteiger partial charge in [0.2, 0.25) is 5.95 Å². The van der Waals surface area contributed by atoms with E-state index in [2.05, 4.69) is 14.5 Å². The monoisotopic (exact) mass is 524 g/mol. The lowest BCUT2D eigenvalue weighted by Gasteiger charge is -2.39. The first-order valence-corrected chi connectivity index (χ1v) is 13.0. The number of aromatic nitrogens is 3. The van der Waals surface area contributed by atoms with Gasteiger partial charge in [-0.25, -0.2) is 14.8 Å². The number of aliphatic hydroxyl groups is 1. The summed E-state index contributed by atoms with van der Waals surface area (Å²) >= 11 is 0. The number of anilines is 1. The lowest BCUT2D eigenvalue weighted by molar-refractivity contribution is -0.141. The van der Waals surface area contributed by atoms with Crippen LogP contribution in [0, 0.1) is 5.92 Å². The number of alkyl halides is 3. The first kappa shape index (κ1) is 26.1. The molecule has 3 heterocycles. The van der Waals surface area contributed by atoms with E-state index in [1.807, 2.05) is 19.9 Å². The van der Waals surface area contributed by atoms with Crippen LogP contribution in [0.2, 0.25) is 0 Å². The highest BCUT2D eigenvalue weighted by Gasteiger charge is 2.40. The summed E-state index contributed by atoms with van der Waals surface area (Å²) in [6.07, 6.45) is -2.44. The zero-order valence-electron chi connectivity index (χ0n) is 20.3. The second-order valence-electron chi connectivity index (χ2n) is 8.88. The van der Waals surface area contributed by atoms with Gasteiger partial charge in [0.05, 0.1) is 30.1 Å². The highest BCUT2D eigenvalue weighted by molar-refractivity contribution is 7.84. The average molecular weight is 525 g/mol. The van der Waals surface area contributed by atoms with Crippen LogP contribution >= 0.6 is 0 Å². The van der Waals surface area contributed by atoms with E-state index in [4.69, 9.17) is 4.74 Å². The molecule has 0 bridgehead atoms. The highest BCUT2D eigenvalue weighted by Crippen LogP contribution is 2.40. The third-order valence-corrected chi connectivity index (χ3v) is 7.23. The van der Waals surface area contributed by atoms with Crippen molar-refractivity contribution in [2.24, 2.45) is 5.92 Å². The number of nitrogens with zero attached hydrogens (tertiary/aromatic N) is 4. The van der Waals surface area contributed by atoms with E-state index < -0.39 is 34.2 Å². The molecule has 36 heavy (non-hydrogen) atoms. The summed E-state index contributed by atoms with van der Waals surface area (Å²) < 4.78 is 60.6. The van der Waals surface area contributed by atoms with Crippen molar-refractivity contribution in [2.45, 2.75) is 51.0 Å². The molecule has 0 amide bonds. The number of fused-ring (bicyclic) bond motifs is 3. The summed E-state index contributed by atoms with van der Waals surface area (Å²) in [5, 5.41) is 10.6. The molecule has 0 saturated heterocycles. The minimum absolute atomic E-state index is 0.0341.